The van der Waals surface area contributed by atoms with E-state index in [1.807, 2.05) is 0 Å². The fourth-order valence-corrected chi connectivity index (χ4v) is 3.17. The van der Waals surface area contributed by atoms with Crippen molar-refractivity contribution in [3.05, 3.63) is 35.9 Å². The molecule has 1 N–H and O–H groups in total. The molecule has 0 radical (unpaired) electrons. The van der Waals surface area contributed by atoms with Gasteiger partial charge in [0.1, 0.15) is 0 Å². The van der Waals surface area contributed by atoms with Gasteiger partial charge in [-0.3, -0.25) is 0 Å². The van der Waals surface area contributed by atoms with Gasteiger partial charge in [-0.1, -0.05) is 56.0 Å². The third-order valence-electron chi connectivity index (χ3n) is 4.30. The number of rotatable bonds is 4. The first-order valence-electron chi connectivity index (χ1n) is 7.71. The first-order chi connectivity index (χ1) is 9.27. The maximum atomic E-state index is 3.80. The molecular formula is C17H28N2. The minimum Gasteiger partial charge on any atom is -0.308 e. The lowest BCUT2D eigenvalue weighted by Crippen LogP contribution is -2.47. The van der Waals surface area contributed by atoms with Crippen LogP contribution in [0, 0.1) is 0 Å². The van der Waals surface area contributed by atoms with E-state index in [0.717, 1.165) is 6.54 Å². The first kappa shape index (κ1) is 14.5. The summed E-state index contributed by atoms with van der Waals surface area (Å²) in [4.78, 5) is 2.41. The summed E-state index contributed by atoms with van der Waals surface area (Å²) in [5, 5.41) is 3.80. The van der Waals surface area contributed by atoms with Crippen LogP contribution in [0.2, 0.25) is 0 Å². The number of likely N-dealkylation sites (N-methyl/N-ethyl adjacent to an activating group) is 1. The highest BCUT2D eigenvalue weighted by atomic mass is 15.1. The van der Waals surface area contributed by atoms with Gasteiger partial charge in [0, 0.05) is 18.6 Å². The van der Waals surface area contributed by atoms with Gasteiger partial charge < -0.3 is 10.2 Å². The van der Waals surface area contributed by atoms with E-state index in [4.69, 9.17) is 0 Å². The van der Waals surface area contributed by atoms with Crippen molar-refractivity contribution in [1.29, 1.82) is 0 Å². The standard InChI is InChI=1S/C17H28N2/c1-19(2)17-13-9-4-3-8-12-16(17)18-14-15-10-6-5-7-11-15/h5-7,10-11,16-18H,3-4,8-9,12-14H2,1-2H3. The Morgan fingerprint density at radius 2 is 1.68 bits per heavy atom. The van der Waals surface area contributed by atoms with Gasteiger partial charge in [-0.15, -0.1) is 0 Å². The van der Waals surface area contributed by atoms with Crippen LogP contribution < -0.4 is 5.32 Å². The summed E-state index contributed by atoms with van der Waals surface area (Å²) >= 11 is 0. The molecular weight excluding hydrogens is 232 g/mol. The van der Waals surface area contributed by atoms with Gasteiger partial charge in [-0.05, 0) is 32.5 Å². The van der Waals surface area contributed by atoms with E-state index in [0.29, 0.717) is 12.1 Å². The number of hydrogen-bond acceptors (Lipinski definition) is 2. The Labute approximate surface area is 118 Å². The molecule has 1 fully saturated rings. The summed E-state index contributed by atoms with van der Waals surface area (Å²) in [6.45, 7) is 0.996. The number of hydrogen-bond donors (Lipinski definition) is 1. The van der Waals surface area contributed by atoms with Gasteiger partial charge in [0.2, 0.25) is 0 Å². The Balaban J connectivity index is 1.93. The van der Waals surface area contributed by atoms with Crippen LogP contribution in [0.1, 0.15) is 44.1 Å². The van der Waals surface area contributed by atoms with Crippen LogP contribution >= 0.6 is 0 Å². The van der Waals surface area contributed by atoms with Crippen molar-refractivity contribution in [2.45, 2.75) is 57.2 Å². The van der Waals surface area contributed by atoms with Gasteiger partial charge >= 0.3 is 0 Å². The molecule has 0 saturated heterocycles. The smallest absolute Gasteiger partial charge is 0.0243 e. The van der Waals surface area contributed by atoms with Crippen molar-refractivity contribution in [3.8, 4) is 0 Å². The number of nitrogens with zero attached hydrogens (tertiary/aromatic N) is 1. The molecule has 0 aliphatic heterocycles. The second kappa shape index (κ2) is 7.66. The summed E-state index contributed by atoms with van der Waals surface area (Å²) in [5.41, 5.74) is 1.39. The maximum Gasteiger partial charge on any atom is 0.0243 e. The second-order valence-corrected chi connectivity index (χ2v) is 6.00. The molecule has 2 unspecified atom stereocenters. The highest BCUT2D eigenvalue weighted by molar-refractivity contribution is 5.14. The lowest BCUT2D eigenvalue weighted by molar-refractivity contribution is 0.191. The van der Waals surface area contributed by atoms with E-state index in [9.17, 15) is 0 Å². The quantitative estimate of drug-likeness (QED) is 0.892. The predicted octanol–water partition coefficient (Wildman–Crippen LogP) is 3.43. The molecule has 2 nitrogen and oxygen atoms in total. The molecule has 1 aliphatic carbocycles. The van der Waals surface area contributed by atoms with E-state index in [1.54, 1.807) is 0 Å². The zero-order valence-corrected chi connectivity index (χ0v) is 12.4. The lowest BCUT2D eigenvalue weighted by Gasteiger charge is -2.35. The molecule has 0 spiro atoms. The molecule has 0 aromatic heterocycles. The van der Waals surface area contributed by atoms with Gasteiger partial charge in [0.25, 0.3) is 0 Å². The van der Waals surface area contributed by atoms with Crippen LogP contribution in [-0.4, -0.2) is 31.1 Å². The molecule has 2 rings (SSSR count). The highest BCUT2D eigenvalue weighted by Crippen LogP contribution is 2.21. The van der Waals surface area contributed by atoms with Crippen LogP contribution in [0.5, 0.6) is 0 Å². The Hall–Kier alpha value is -0.860. The van der Waals surface area contributed by atoms with Crippen LogP contribution in [0.15, 0.2) is 30.3 Å². The summed E-state index contributed by atoms with van der Waals surface area (Å²) in [7, 11) is 4.45. The Bertz CT molecular complexity index is 348. The van der Waals surface area contributed by atoms with Gasteiger partial charge in [0.05, 0.1) is 0 Å². The minimum absolute atomic E-state index is 0.635. The van der Waals surface area contributed by atoms with Crippen LogP contribution in [0.25, 0.3) is 0 Å². The fourth-order valence-electron chi connectivity index (χ4n) is 3.17. The molecule has 0 heterocycles. The van der Waals surface area contributed by atoms with Crippen molar-refractivity contribution in [1.82, 2.24) is 10.2 Å². The fraction of sp³-hybridized carbons (Fsp3) is 0.647. The average Bonchev–Trinajstić information content (AvgIpc) is 2.38. The lowest BCUT2D eigenvalue weighted by atomic mass is 9.91. The zero-order chi connectivity index (χ0) is 13.5. The highest BCUT2D eigenvalue weighted by Gasteiger charge is 2.23. The Kier molecular flexibility index (Phi) is 5.87. The molecule has 19 heavy (non-hydrogen) atoms. The molecule has 0 bridgehead atoms. The summed E-state index contributed by atoms with van der Waals surface area (Å²) < 4.78 is 0. The van der Waals surface area contributed by atoms with Crippen molar-refractivity contribution < 1.29 is 0 Å². The van der Waals surface area contributed by atoms with Crippen LogP contribution in [0.3, 0.4) is 0 Å². The summed E-state index contributed by atoms with van der Waals surface area (Å²) in [6.07, 6.45) is 8.22. The third-order valence-corrected chi connectivity index (χ3v) is 4.30. The van der Waals surface area contributed by atoms with Crippen molar-refractivity contribution in [3.63, 3.8) is 0 Å². The normalized spacial score (nSPS) is 25.0. The topological polar surface area (TPSA) is 15.3 Å². The van der Waals surface area contributed by atoms with Crippen molar-refractivity contribution in [2.24, 2.45) is 0 Å². The molecule has 1 saturated carbocycles. The molecule has 2 heteroatoms. The van der Waals surface area contributed by atoms with Gasteiger partial charge in [0.15, 0.2) is 0 Å². The molecule has 106 valence electrons. The Morgan fingerprint density at radius 3 is 2.37 bits per heavy atom. The van der Waals surface area contributed by atoms with Crippen molar-refractivity contribution >= 4 is 0 Å². The molecule has 1 aliphatic rings. The van der Waals surface area contributed by atoms with Crippen LogP contribution in [0.4, 0.5) is 0 Å². The first-order valence-corrected chi connectivity index (χ1v) is 7.71. The minimum atomic E-state index is 0.635. The molecule has 0 amide bonds. The number of benzene rings is 1. The molecule has 1 aromatic rings. The van der Waals surface area contributed by atoms with E-state index < -0.39 is 0 Å². The van der Waals surface area contributed by atoms with Crippen molar-refractivity contribution in [2.75, 3.05) is 14.1 Å². The number of nitrogens with one attached hydrogen (secondary N) is 1. The average molecular weight is 260 g/mol. The van der Waals surface area contributed by atoms with E-state index in [1.165, 1.54) is 44.1 Å². The zero-order valence-electron chi connectivity index (χ0n) is 12.4. The molecule has 1 aromatic carbocycles. The largest absolute Gasteiger partial charge is 0.308 e. The second-order valence-electron chi connectivity index (χ2n) is 6.00. The summed E-state index contributed by atoms with van der Waals surface area (Å²) in [6, 6.07) is 12.1. The van der Waals surface area contributed by atoms with E-state index >= 15 is 0 Å². The Morgan fingerprint density at radius 1 is 1.00 bits per heavy atom. The van der Waals surface area contributed by atoms with Crippen LogP contribution in [-0.2, 0) is 6.54 Å². The maximum absolute atomic E-state index is 3.80. The van der Waals surface area contributed by atoms with E-state index in [-0.39, 0.29) is 0 Å². The molecule has 2 atom stereocenters. The van der Waals surface area contributed by atoms with E-state index in [2.05, 4.69) is 54.6 Å². The monoisotopic (exact) mass is 260 g/mol. The van der Waals surface area contributed by atoms with Gasteiger partial charge in [-0.2, -0.15) is 0 Å². The third kappa shape index (κ3) is 4.63. The predicted molar refractivity (Wildman–Crippen MR) is 82.2 cm³/mol. The summed E-state index contributed by atoms with van der Waals surface area (Å²) in [5.74, 6) is 0. The SMILES string of the molecule is CN(C)C1CCCCCCC1NCc1ccccc1. The van der Waals surface area contributed by atoms with Gasteiger partial charge in [-0.25, -0.2) is 0 Å².